The second-order valence-corrected chi connectivity index (χ2v) is 7.99. The summed E-state index contributed by atoms with van der Waals surface area (Å²) in [7, 11) is -1.82. The third-order valence-electron chi connectivity index (χ3n) is 4.05. The monoisotopic (exact) mass is 354 g/mol. The molecule has 0 spiro atoms. The molecule has 0 bridgehead atoms. The minimum atomic E-state index is -3.66. The highest BCUT2D eigenvalue weighted by Gasteiger charge is 2.25. The molecule has 0 saturated carbocycles. The van der Waals surface area contributed by atoms with Crippen molar-refractivity contribution in [1.82, 2.24) is 19.1 Å². The average molecular weight is 354 g/mol. The normalized spacial score (nSPS) is 13.6. The van der Waals surface area contributed by atoms with Crippen molar-refractivity contribution in [2.75, 3.05) is 6.54 Å². The molecule has 0 amide bonds. The molecule has 0 saturated heterocycles. The molecule has 0 aromatic carbocycles. The van der Waals surface area contributed by atoms with E-state index in [0.717, 1.165) is 5.69 Å². The number of aryl methyl sites for hydroxylation is 2. The highest BCUT2D eigenvalue weighted by molar-refractivity contribution is 7.89. The number of nitrogens with zero attached hydrogens (tertiary/aromatic N) is 3. The van der Waals surface area contributed by atoms with Gasteiger partial charge in [-0.05, 0) is 46.2 Å². The topological polar surface area (TPSA) is 89.2 Å². The van der Waals surface area contributed by atoms with E-state index < -0.39 is 16.1 Å². The Morgan fingerprint density at radius 3 is 2.50 bits per heavy atom. The summed E-state index contributed by atoms with van der Waals surface area (Å²) < 4.78 is 31.3. The molecule has 0 radical (unpaired) electrons. The zero-order valence-electron chi connectivity index (χ0n) is 14.8. The summed E-state index contributed by atoms with van der Waals surface area (Å²) in [5.41, 5.74) is 1.86. The van der Waals surface area contributed by atoms with Crippen molar-refractivity contribution in [3.8, 4) is 0 Å². The molecule has 1 unspecified atom stereocenters. The zero-order chi connectivity index (χ0) is 18.1. The first-order valence-electron chi connectivity index (χ1n) is 7.99. The van der Waals surface area contributed by atoms with Crippen molar-refractivity contribution < 1.29 is 13.5 Å². The summed E-state index contributed by atoms with van der Waals surface area (Å²) in [4.78, 5) is 0.226. The smallest absolute Gasteiger partial charge is 0.244 e. The summed E-state index contributed by atoms with van der Waals surface area (Å²) in [5, 5.41) is 14.5. The van der Waals surface area contributed by atoms with Crippen LogP contribution in [0.3, 0.4) is 0 Å². The van der Waals surface area contributed by atoms with Crippen LogP contribution in [0.15, 0.2) is 23.2 Å². The summed E-state index contributed by atoms with van der Waals surface area (Å²) in [6.45, 7) is 7.52. The first-order chi connectivity index (χ1) is 11.1. The van der Waals surface area contributed by atoms with Crippen LogP contribution < -0.4 is 4.72 Å². The van der Waals surface area contributed by atoms with Gasteiger partial charge in [-0.25, -0.2) is 13.1 Å². The van der Waals surface area contributed by atoms with Crippen molar-refractivity contribution in [1.29, 1.82) is 0 Å². The fourth-order valence-electron chi connectivity index (χ4n) is 2.91. The van der Waals surface area contributed by atoms with Crippen molar-refractivity contribution in [3.05, 3.63) is 35.4 Å². The summed E-state index contributed by atoms with van der Waals surface area (Å²) >= 11 is 0. The van der Waals surface area contributed by atoms with Crippen LogP contribution in [-0.2, 0) is 17.1 Å². The molecule has 2 heterocycles. The second kappa shape index (κ2) is 7.08. The standard InChI is InChI=1S/C16H26N4O3S/c1-11(2)20-13(4)16(12(3)18-20)24(22,23)17-9-8-15(21)14-7-6-10-19(14)5/h6-7,10-11,15,17,21H,8-9H2,1-5H3. The summed E-state index contributed by atoms with van der Waals surface area (Å²) in [5.74, 6) is 0. The van der Waals surface area contributed by atoms with Crippen molar-refractivity contribution >= 4 is 10.0 Å². The van der Waals surface area contributed by atoms with Gasteiger partial charge in [-0.2, -0.15) is 5.10 Å². The fourth-order valence-corrected chi connectivity index (χ4v) is 4.35. The SMILES string of the molecule is Cc1nn(C(C)C)c(C)c1S(=O)(=O)NCCC(O)c1cccn1C. The lowest BCUT2D eigenvalue weighted by Gasteiger charge is -2.13. The van der Waals surface area contributed by atoms with Gasteiger partial charge in [0.15, 0.2) is 0 Å². The van der Waals surface area contributed by atoms with E-state index in [4.69, 9.17) is 0 Å². The first kappa shape index (κ1) is 18.7. The molecule has 0 fully saturated rings. The third-order valence-corrected chi connectivity index (χ3v) is 5.76. The van der Waals surface area contributed by atoms with Gasteiger partial charge in [0.1, 0.15) is 4.90 Å². The number of rotatable bonds is 7. The second-order valence-electron chi connectivity index (χ2n) is 6.28. The van der Waals surface area contributed by atoms with Crippen molar-refractivity contribution in [2.24, 2.45) is 7.05 Å². The molecule has 2 aromatic rings. The Bertz CT molecular complexity index is 805. The van der Waals surface area contributed by atoms with Crippen LogP contribution in [-0.4, -0.2) is 34.4 Å². The first-order valence-corrected chi connectivity index (χ1v) is 9.48. The lowest BCUT2D eigenvalue weighted by molar-refractivity contribution is 0.161. The van der Waals surface area contributed by atoms with E-state index in [0.29, 0.717) is 17.8 Å². The lowest BCUT2D eigenvalue weighted by atomic mass is 10.2. The Morgan fingerprint density at radius 1 is 1.33 bits per heavy atom. The van der Waals surface area contributed by atoms with Gasteiger partial charge in [0.2, 0.25) is 10.0 Å². The van der Waals surface area contributed by atoms with Gasteiger partial charge >= 0.3 is 0 Å². The number of aliphatic hydroxyl groups is 1. The molecule has 0 aliphatic heterocycles. The Kier molecular flexibility index (Phi) is 5.52. The summed E-state index contributed by atoms with van der Waals surface area (Å²) in [6.07, 6.45) is 1.43. The maximum absolute atomic E-state index is 12.6. The van der Waals surface area contributed by atoms with Gasteiger partial charge in [0, 0.05) is 31.5 Å². The van der Waals surface area contributed by atoms with Crippen LogP contribution in [0.5, 0.6) is 0 Å². The largest absolute Gasteiger partial charge is 0.387 e. The Balaban J connectivity index is 2.08. The van der Waals surface area contributed by atoms with Crippen LogP contribution in [0.4, 0.5) is 0 Å². The van der Waals surface area contributed by atoms with E-state index in [1.165, 1.54) is 0 Å². The van der Waals surface area contributed by atoms with Crippen LogP contribution in [0.1, 0.15) is 49.5 Å². The van der Waals surface area contributed by atoms with Crippen LogP contribution >= 0.6 is 0 Å². The van der Waals surface area contributed by atoms with Crippen molar-refractivity contribution in [2.45, 2.75) is 51.2 Å². The Labute approximate surface area is 143 Å². The van der Waals surface area contributed by atoms with E-state index in [1.807, 2.05) is 43.8 Å². The molecule has 24 heavy (non-hydrogen) atoms. The molecular formula is C16H26N4O3S. The van der Waals surface area contributed by atoms with E-state index >= 15 is 0 Å². The molecule has 0 aliphatic rings. The number of aliphatic hydroxyl groups excluding tert-OH is 1. The van der Waals surface area contributed by atoms with Gasteiger partial charge in [0.25, 0.3) is 0 Å². The number of sulfonamides is 1. The Morgan fingerprint density at radius 2 is 2.00 bits per heavy atom. The van der Waals surface area contributed by atoms with Crippen LogP contribution in [0.2, 0.25) is 0 Å². The molecule has 2 rings (SSSR count). The highest BCUT2D eigenvalue weighted by atomic mass is 32.2. The van der Waals surface area contributed by atoms with Crippen LogP contribution in [0.25, 0.3) is 0 Å². The molecule has 2 N–H and O–H groups in total. The molecule has 1 atom stereocenters. The minimum Gasteiger partial charge on any atom is -0.387 e. The van der Waals surface area contributed by atoms with Gasteiger partial charge < -0.3 is 9.67 Å². The number of hydrogen-bond acceptors (Lipinski definition) is 4. The number of aromatic nitrogens is 3. The van der Waals surface area contributed by atoms with Gasteiger partial charge in [-0.1, -0.05) is 0 Å². The zero-order valence-corrected chi connectivity index (χ0v) is 15.6. The maximum Gasteiger partial charge on any atom is 0.244 e. The Hall–Kier alpha value is -1.64. The number of hydrogen-bond donors (Lipinski definition) is 2. The summed E-state index contributed by atoms with van der Waals surface area (Å²) in [6, 6.07) is 3.75. The van der Waals surface area contributed by atoms with E-state index in [9.17, 15) is 13.5 Å². The quantitative estimate of drug-likeness (QED) is 0.794. The molecule has 8 heteroatoms. The van der Waals surface area contributed by atoms with E-state index in [1.54, 1.807) is 18.5 Å². The van der Waals surface area contributed by atoms with Gasteiger partial charge in [0.05, 0.1) is 17.5 Å². The van der Waals surface area contributed by atoms with E-state index in [-0.39, 0.29) is 17.5 Å². The third kappa shape index (κ3) is 3.71. The predicted octanol–water partition coefficient (Wildman–Crippen LogP) is 1.82. The molecular weight excluding hydrogens is 328 g/mol. The van der Waals surface area contributed by atoms with Gasteiger partial charge in [-0.3, -0.25) is 4.68 Å². The molecule has 7 nitrogen and oxygen atoms in total. The highest BCUT2D eigenvalue weighted by Crippen LogP contribution is 2.22. The van der Waals surface area contributed by atoms with E-state index in [2.05, 4.69) is 9.82 Å². The number of nitrogens with one attached hydrogen (secondary N) is 1. The van der Waals surface area contributed by atoms with Crippen molar-refractivity contribution in [3.63, 3.8) is 0 Å². The van der Waals surface area contributed by atoms with Crippen LogP contribution in [0, 0.1) is 13.8 Å². The molecule has 2 aromatic heterocycles. The average Bonchev–Trinajstić information content (AvgIpc) is 3.02. The predicted molar refractivity (Wildman–Crippen MR) is 92.3 cm³/mol. The van der Waals surface area contributed by atoms with Gasteiger partial charge in [-0.15, -0.1) is 0 Å². The minimum absolute atomic E-state index is 0.0896. The molecule has 0 aliphatic carbocycles. The molecule has 134 valence electrons. The fraction of sp³-hybridized carbons (Fsp3) is 0.562. The lowest BCUT2D eigenvalue weighted by Crippen LogP contribution is -2.27. The maximum atomic E-state index is 12.6.